The SMILES string of the molecule is CCC1(C)CCN(C(=O)c2ccc(C#CCO)cn2)CC1. The van der Waals surface area contributed by atoms with Gasteiger partial charge in [0.15, 0.2) is 0 Å². The van der Waals surface area contributed by atoms with E-state index >= 15 is 0 Å². The first-order valence-electron chi connectivity index (χ1n) is 7.43. The number of nitrogens with zero attached hydrogens (tertiary/aromatic N) is 2. The molecule has 0 aromatic carbocycles. The number of carbonyl (C=O) groups excluding carboxylic acids is 1. The van der Waals surface area contributed by atoms with Gasteiger partial charge in [-0.2, -0.15) is 0 Å². The van der Waals surface area contributed by atoms with Crippen molar-refractivity contribution in [3.63, 3.8) is 0 Å². The number of carbonyl (C=O) groups is 1. The monoisotopic (exact) mass is 286 g/mol. The molecule has 1 aromatic rings. The molecule has 0 atom stereocenters. The number of aliphatic hydroxyl groups is 1. The Bertz CT molecular complexity index is 546. The molecule has 1 N–H and O–H groups in total. The molecule has 4 nitrogen and oxygen atoms in total. The highest BCUT2D eigenvalue weighted by molar-refractivity contribution is 5.92. The van der Waals surface area contributed by atoms with Crippen molar-refractivity contribution in [2.24, 2.45) is 5.41 Å². The van der Waals surface area contributed by atoms with Crippen LogP contribution in [0.4, 0.5) is 0 Å². The van der Waals surface area contributed by atoms with Crippen LogP contribution in [0.2, 0.25) is 0 Å². The maximum absolute atomic E-state index is 12.4. The average Bonchev–Trinajstić information content (AvgIpc) is 2.53. The summed E-state index contributed by atoms with van der Waals surface area (Å²) in [7, 11) is 0. The molecule has 0 saturated carbocycles. The van der Waals surface area contributed by atoms with Crippen molar-refractivity contribution in [2.75, 3.05) is 19.7 Å². The van der Waals surface area contributed by atoms with E-state index in [0.29, 0.717) is 16.7 Å². The largest absolute Gasteiger partial charge is 0.384 e. The number of amides is 1. The molecule has 1 aliphatic heterocycles. The minimum Gasteiger partial charge on any atom is -0.384 e. The van der Waals surface area contributed by atoms with Crippen LogP contribution in [0.1, 0.15) is 49.2 Å². The van der Waals surface area contributed by atoms with Gasteiger partial charge in [0.2, 0.25) is 0 Å². The van der Waals surface area contributed by atoms with E-state index in [1.165, 1.54) is 0 Å². The number of hydrogen-bond donors (Lipinski definition) is 1. The molecule has 1 fully saturated rings. The van der Waals surface area contributed by atoms with Gasteiger partial charge in [-0.1, -0.05) is 32.1 Å². The van der Waals surface area contributed by atoms with Gasteiger partial charge in [-0.05, 0) is 30.4 Å². The third-order valence-electron chi connectivity index (χ3n) is 4.41. The Hall–Kier alpha value is -1.86. The molecule has 0 spiro atoms. The van der Waals surface area contributed by atoms with Crippen molar-refractivity contribution < 1.29 is 9.90 Å². The predicted octanol–water partition coefficient (Wildman–Crippen LogP) is 2.08. The number of aliphatic hydroxyl groups excluding tert-OH is 1. The molecule has 0 unspecified atom stereocenters. The molecule has 0 aliphatic carbocycles. The van der Waals surface area contributed by atoms with E-state index in [1.807, 2.05) is 4.90 Å². The van der Waals surface area contributed by atoms with Crippen molar-refractivity contribution in [1.29, 1.82) is 0 Å². The van der Waals surface area contributed by atoms with Crippen LogP contribution in [0.5, 0.6) is 0 Å². The normalized spacial score (nSPS) is 17.0. The Labute approximate surface area is 126 Å². The summed E-state index contributed by atoms with van der Waals surface area (Å²) in [5.41, 5.74) is 1.54. The topological polar surface area (TPSA) is 53.4 Å². The van der Waals surface area contributed by atoms with Crippen LogP contribution in [0.15, 0.2) is 18.3 Å². The highest BCUT2D eigenvalue weighted by Gasteiger charge is 2.30. The summed E-state index contributed by atoms with van der Waals surface area (Å²) < 4.78 is 0. The maximum Gasteiger partial charge on any atom is 0.272 e. The summed E-state index contributed by atoms with van der Waals surface area (Å²) in [6, 6.07) is 3.47. The van der Waals surface area contributed by atoms with Gasteiger partial charge in [-0.15, -0.1) is 0 Å². The lowest BCUT2D eigenvalue weighted by molar-refractivity contribution is 0.0594. The molecule has 0 radical (unpaired) electrons. The first kappa shape index (κ1) is 15.5. The van der Waals surface area contributed by atoms with E-state index in [0.717, 1.165) is 32.4 Å². The van der Waals surface area contributed by atoms with E-state index < -0.39 is 0 Å². The Morgan fingerprint density at radius 3 is 2.67 bits per heavy atom. The van der Waals surface area contributed by atoms with E-state index in [4.69, 9.17) is 5.11 Å². The van der Waals surface area contributed by atoms with Crippen LogP contribution in [0, 0.1) is 17.3 Å². The second kappa shape index (κ2) is 6.73. The Kier molecular flexibility index (Phi) is 4.98. The van der Waals surface area contributed by atoms with Crippen LogP contribution >= 0.6 is 0 Å². The zero-order valence-electron chi connectivity index (χ0n) is 12.7. The Morgan fingerprint density at radius 2 is 2.14 bits per heavy atom. The van der Waals surface area contributed by atoms with Gasteiger partial charge < -0.3 is 10.0 Å². The Morgan fingerprint density at radius 1 is 1.43 bits per heavy atom. The first-order chi connectivity index (χ1) is 10.1. The lowest BCUT2D eigenvalue weighted by Crippen LogP contribution is -2.42. The number of pyridine rings is 1. The number of rotatable bonds is 2. The highest BCUT2D eigenvalue weighted by atomic mass is 16.2. The van der Waals surface area contributed by atoms with Crippen LogP contribution < -0.4 is 0 Å². The molecule has 2 rings (SSSR count). The van der Waals surface area contributed by atoms with E-state index in [2.05, 4.69) is 30.7 Å². The van der Waals surface area contributed by atoms with Gasteiger partial charge in [0.05, 0.1) is 0 Å². The summed E-state index contributed by atoms with van der Waals surface area (Å²) in [4.78, 5) is 18.5. The maximum atomic E-state index is 12.4. The van der Waals surface area contributed by atoms with Gasteiger partial charge in [0.25, 0.3) is 5.91 Å². The lowest BCUT2D eigenvalue weighted by Gasteiger charge is -2.38. The standard InChI is InChI=1S/C17H22N2O2/c1-3-17(2)8-10-19(11-9-17)16(21)15-7-6-14(13-18-15)5-4-12-20/h6-7,13,20H,3,8-12H2,1-2H3. The predicted molar refractivity (Wildman–Crippen MR) is 81.7 cm³/mol. The van der Waals surface area contributed by atoms with E-state index in [9.17, 15) is 4.79 Å². The van der Waals surface area contributed by atoms with Gasteiger partial charge >= 0.3 is 0 Å². The van der Waals surface area contributed by atoms with E-state index in [1.54, 1.807) is 18.3 Å². The van der Waals surface area contributed by atoms with Crippen LogP contribution in [0.25, 0.3) is 0 Å². The van der Waals surface area contributed by atoms with Gasteiger partial charge in [-0.3, -0.25) is 4.79 Å². The fourth-order valence-electron chi connectivity index (χ4n) is 2.50. The first-order valence-corrected chi connectivity index (χ1v) is 7.43. The van der Waals surface area contributed by atoms with Crippen molar-refractivity contribution in [2.45, 2.75) is 33.1 Å². The third kappa shape index (κ3) is 3.83. The Balaban J connectivity index is 2.01. The molecule has 112 valence electrons. The molecular formula is C17H22N2O2. The summed E-state index contributed by atoms with van der Waals surface area (Å²) in [6.45, 7) is 5.94. The van der Waals surface area contributed by atoms with Crippen molar-refractivity contribution in [1.82, 2.24) is 9.88 Å². The molecule has 21 heavy (non-hydrogen) atoms. The zero-order chi connectivity index (χ0) is 15.3. The van der Waals surface area contributed by atoms with Crippen molar-refractivity contribution in [3.8, 4) is 11.8 Å². The molecular weight excluding hydrogens is 264 g/mol. The van der Waals surface area contributed by atoms with Crippen molar-refractivity contribution in [3.05, 3.63) is 29.6 Å². The number of likely N-dealkylation sites (tertiary alicyclic amines) is 1. The lowest BCUT2D eigenvalue weighted by atomic mass is 9.78. The van der Waals surface area contributed by atoms with Crippen molar-refractivity contribution >= 4 is 5.91 Å². The van der Waals surface area contributed by atoms with Gasteiger partial charge in [0.1, 0.15) is 12.3 Å². The number of hydrogen-bond acceptors (Lipinski definition) is 3. The second-order valence-electron chi connectivity index (χ2n) is 5.85. The number of aromatic nitrogens is 1. The summed E-state index contributed by atoms with van der Waals surface area (Å²) in [6.07, 6.45) is 4.84. The van der Waals surface area contributed by atoms with Crippen LogP contribution in [0.3, 0.4) is 0 Å². The molecule has 1 saturated heterocycles. The van der Waals surface area contributed by atoms with E-state index in [-0.39, 0.29) is 12.5 Å². The minimum atomic E-state index is -0.176. The zero-order valence-corrected chi connectivity index (χ0v) is 12.7. The summed E-state index contributed by atoms with van der Waals surface area (Å²) >= 11 is 0. The molecule has 1 amide bonds. The molecule has 4 heteroatoms. The molecule has 1 aromatic heterocycles. The summed E-state index contributed by atoms with van der Waals surface area (Å²) in [5.74, 6) is 5.33. The fourth-order valence-corrected chi connectivity index (χ4v) is 2.50. The average molecular weight is 286 g/mol. The minimum absolute atomic E-state index is 0.00480. The third-order valence-corrected chi connectivity index (χ3v) is 4.41. The number of piperidine rings is 1. The van der Waals surface area contributed by atoms with Crippen LogP contribution in [-0.4, -0.2) is 40.6 Å². The molecule has 2 heterocycles. The quantitative estimate of drug-likeness (QED) is 0.847. The molecule has 0 bridgehead atoms. The molecule has 1 aliphatic rings. The van der Waals surface area contributed by atoms with Gasteiger partial charge in [-0.25, -0.2) is 4.98 Å². The van der Waals surface area contributed by atoms with Crippen LogP contribution in [-0.2, 0) is 0 Å². The fraction of sp³-hybridized carbons (Fsp3) is 0.529. The summed E-state index contributed by atoms with van der Waals surface area (Å²) in [5, 5.41) is 8.65. The second-order valence-corrected chi connectivity index (χ2v) is 5.85. The van der Waals surface area contributed by atoms with Gasteiger partial charge in [0, 0.05) is 24.8 Å². The smallest absolute Gasteiger partial charge is 0.272 e. The highest BCUT2D eigenvalue weighted by Crippen LogP contribution is 2.34.